The van der Waals surface area contributed by atoms with E-state index in [0.717, 1.165) is 0 Å². The topological polar surface area (TPSA) is 92.7 Å². The van der Waals surface area contributed by atoms with Gasteiger partial charge in [0, 0.05) is 5.69 Å². The number of hydrogen-bond donors (Lipinski definition) is 2. The molecule has 0 spiro atoms. The van der Waals surface area contributed by atoms with Gasteiger partial charge < -0.3 is 15.2 Å². The number of carboxylic acids is 1. The molecule has 0 aliphatic rings. The van der Waals surface area contributed by atoms with E-state index in [-0.39, 0.29) is 6.61 Å². The fraction of sp³-hybridized carbons (Fsp3) is 0.308. The lowest BCUT2D eigenvalue weighted by Crippen LogP contribution is -2.34. The molecule has 0 aliphatic heterocycles. The molecule has 1 aromatic carbocycles. The molecule has 1 amide bonds. The summed E-state index contributed by atoms with van der Waals surface area (Å²) < 4.78 is 4.84. The van der Waals surface area contributed by atoms with Gasteiger partial charge >= 0.3 is 11.9 Å². The van der Waals surface area contributed by atoms with Crippen LogP contribution in [0.15, 0.2) is 24.3 Å². The van der Waals surface area contributed by atoms with Gasteiger partial charge in [-0.3, -0.25) is 9.59 Å². The SMILES string of the molecule is CCOC(=O)c1ccc(NC(=O)[C@H](Br)[C@H](Br)C(=O)O)cc1. The molecule has 114 valence electrons. The van der Waals surface area contributed by atoms with Crippen molar-refractivity contribution in [3.8, 4) is 0 Å². The molecule has 1 rings (SSSR count). The molecular formula is C13H13Br2NO5. The lowest BCUT2D eigenvalue weighted by atomic mass is 10.2. The van der Waals surface area contributed by atoms with Gasteiger partial charge in [-0.1, -0.05) is 31.9 Å². The van der Waals surface area contributed by atoms with Gasteiger partial charge in [0.2, 0.25) is 5.91 Å². The quantitative estimate of drug-likeness (QED) is 0.542. The number of carboxylic acid groups (broad SMARTS) is 1. The molecule has 2 atom stereocenters. The minimum absolute atomic E-state index is 0.282. The molecule has 0 unspecified atom stereocenters. The Morgan fingerprint density at radius 1 is 1.19 bits per heavy atom. The largest absolute Gasteiger partial charge is 0.480 e. The van der Waals surface area contributed by atoms with Gasteiger partial charge in [0.15, 0.2) is 0 Å². The van der Waals surface area contributed by atoms with Gasteiger partial charge in [0.05, 0.1) is 12.2 Å². The zero-order chi connectivity index (χ0) is 16.0. The first-order chi connectivity index (χ1) is 9.86. The molecule has 0 heterocycles. The maximum absolute atomic E-state index is 11.8. The third-order valence-corrected chi connectivity index (χ3v) is 4.98. The van der Waals surface area contributed by atoms with E-state index in [4.69, 9.17) is 9.84 Å². The summed E-state index contributed by atoms with van der Waals surface area (Å²) in [6.07, 6.45) is 0. The van der Waals surface area contributed by atoms with Crippen LogP contribution in [0, 0.1) is 0 Å². The number of nitrogens with one attached hydrogen (secondary N) is 1. The first kappa shape index (κ1) is 17.6. The fourth-order valence-electron chi connectivity index (χ4n) is 1.37. The number of amides is 1. The number of rotatable bonds is 6. The molecule has 0 bridgehead atoms. The Balaban J connectivity index is 2.69. The van der Waals surface area contributed by atoms with Crippen LogP contribution in [0.1, 0.15) is 17.3 Å². The van der Waals surface area contributed by atoms with E-state index in [2.05, 4.69) is 37.2 Å². The third-order valence-electron chi connectivity index (χ3n) is 2.41. The van der Waals surface area contributed by atoms with Gasteiger partial charge in [0.1, 0.15) is 9.65 Å². The number of benzene rings is 1. The summed E-state index contributed by atoms with van der Waals surface area (Å²) in [5, 5.41) is 11.4. The van der Waals surface area contributed by atoms with Gasteiger partial charge in [-0.15, -0.1) is 0 Å². The molecule has 0 saturated heterocycles. The van der Waals surface area contributed by atoms with Crippen molar-refractivity contribution in [3.05, 3.63) is 29.8 Å². The highest BCUT2D eigenvalue weighted by Gasteiger charge is 2.29. The third kappa shape index (κ3) is 5.13. The predicted molar refractivity (Wildman–Crippen MR) is 84.1 cm³/mol. The van der Waals surface area contributed by atoms with E-state index in [1.54, 1.807) is 6.92 Å². The van der Waals surface area contributed by atoms with Crippen molar-refractivity contribution in [1.82, 2.24) is 0 Å². The Hall–Kier alpha value is -1.41. The molecule has 0 radical (unpaired) electrons. The van der Waals surface area contributed by atoms with Gasteiger partial charge in [-0.05, 0) is 31.2 Å². The average molecular weight is 423 g/mol. The van der Waals surface area contributed by atoms with Gasteiger partial charge in [-0.2, -0.15) is 0 Å². The van der Waals surface area contributed by atoms with Crippen LogP contribution < -0.4 is 5.32 Å². The fourth-order valence-corrected chi connectivity index (χ4v) is 1.95. The van der Waals surface area contributed by atoms with Crippen molar-refractivity contribution < 1.29 is 24.2 Å². The number of alkyl halides is 2. The number of ether oxygens (including phenoxy) is 1. The second kappa shape index (κ2) is 8.14. The van der Waals surface area contributed by atoms with E-state index in [9.17, 15) is 14.4 Å². The van der Waals surface area contributed by atoms with Crippen molar-refractivity contribution >= 4 is 55.4 Å². The molecule has 6 nitrogen and oxygen atoms in total. The van der Waals surface area contributed by atoms with E-state index >= 15 is 0 Å². The Labute approximate surface area is 138 Å². The second-order valence-electron chi connectivity index (χ2n) is 3.93. The first-order valence-electron chi connectivity index (χ1n) is 5.95. The molecule has 0 aliphatic carbocycles. The van der Waals surface area contributed by atoms with Crippen molar-refractivity contribution in [3.63, 3.8) is 0 Å². The molecule has 2 N–H and O–H groups in total. The number of esters is 1. The van der Waals surface area contributed by atoms with E-state index in [1.165, 1.54) is 24.3 Å². The van der Waals surface area contributed by atoms with E-state index < -0.39 is 27.5 Å². The monoisotopic (exact) mass is 421 g/mol. The molecular weight excluding hydrogens is 410 g/mol. The summed E-state index contributed by atoms with van der Waals surface area (Å²) in [5.74, 6) is -2.10. The molecule has 0 saturated carbocycles. The molecule has 8 heteroatoms. The van der Waals surface area contributed by atoms with Crippen LogP contribution in [-0.4, -0.2) is 39.2 Å². The van der Waals surface area contributed by atoms with Gasteiger partial charge in [-0.25, -0.2) is 4.79 Å². The Bertz CT molecular complexity index is 532. The highest BCUT2D eigenvalue weighted by atomic mass is 79.9. The number of aliphatic carboxylic acids is 1. The number of carbonyl (C=O) groups is 3. The number of carbonyl (C=O) groups excluding carboxylic acids is 2. The van der Waals surface area contributed by atoms with Crippen molar-refractivity contribution in [2.45, 2.75) is 16.6 Å². The minimum Gasteiger partial charge on any atom is -0.480 e. The molecule has 21 heavy (non-hydrogen) atoms. The highest BCUT2D eigenvalue weighted by molar-refractivity contribution is 9.12. The van der Waals surface area contributed by atoms with Crippen LogP contribution in [0.5, 0.6) is 0 Å². The van der Waals surface area contributed by atoms with Crippen LogP contribution in [0.25, 0.3) is 0 Å². The molecule has 1 aromatic rings. The Morgan fingerprint density at radius 3 is 2.24 bits per heavy atom. The highest BCUT2D eigenvalue weighted by Crippen LogP contribution is 2.18. The summed E-state index contributed by atoms with van der Waals surface area (Å²) >= 11 is 5.91. The summed E-state index contributed by atoms with van der Waals surface area (Å²) in [6, 6.07) is 6.10. The smallest absolute Gasteiger partial charge is 0.338 e. The second-order valence-corrected chi connectivity index (χ2v) is 5.90. The maximum atomic E-state index is 11.8. The van der Waals surface area contributed by atoms with Gasteiger partial charge in [0.25, 0.3) is 0 Å². The van der Waals surface area contributed by atoms with Crippen molar-refractivity contribution in [1.29, 1.82) is 0 Å². The Kier molecular flexibility index (Phi) is 6.83. The zero-order valence-electron chi connectivity index (χ0n) is 11.0. The lowest BCUT2D eigenvalue weighted by molar-refractivity contribution is -0.137. The lowest BCUT2D eigenvalue weighted by Gasteiger charge is -2.13. The number of hydrogen-bond acceptors (Lipinski definition) is 4. The van der Waals surface area contributed by atoms with Crippen LogP contribution in [0.2, 0.25) is 0 Å². The average Bonchev–Trinajstić information content (AvgIpc) is 2.46. The van der Waals surface area contributed by atoms with Crippen molar-refractivity contribution in [2.75, 3.05) is 11.9 Å². The predicted octanol–water partition coefficient (Wildman–Crippen LogP) is 2.41. The standard InChI is InChI=1S/C13H13Br2NO5/c1-2-21-13(20)7-3-5-8(6-4-7)16-11(17)9(14)10(15)12(18)19/h3-6,9-10H,2H2,1H3,(H,16,17)(H,18,19)/t9-,10+/m1/s1. The summed E-state index contributed by atoms with van der Waals surface area (Å²) in [7, 11) is 0. The zero-order valence-corrected chi connectivity index (χ0v) is 14.2. The Morgan fingerprint density at radius 2 is 1.76 bits per heavy atom. The summed E-state index contributed by atoms with van der Waals surface area (Å²) in [4.78, 5) is 32.1. The summed E-state index contributed by atoms with van der Waals surface area (Å²) in [5.41, 5.74) is 0.816. The first-order valence-corrected chi connectivity index (χ1v) is 7.79. The van der Waals surface area contributed by atoms with Crippen LogP contribution in [-0.2, 0) is 14.3 Å². The molecule has 0 aromatic heterocycles. The summed E-state index contributed by atoms with van der Waals surface area (Å²) in [6.45, 7) is 1.99. The minimum atomic E-state index is -1.15. The molecule has 0 fully saturated rings. The van der Waals surface area contributed by atoms with Crippen LogP contribution >= 0.6 is 31.9 Å². The van der Waals surface area contributed by atoms with E-state index in [0.29, 0.717) is 11.3 Å². The van der Waals surface area contributed by atoms with E-state index in [1.807, 2.05) is 0 Å². The number of anilines is 1. The van der Waals surface area contributed by atoms with Crippen LogP contribution in [0.4, 0.5) is 5.69 Å². The van der Waals surface area contributed by atoms with Crippen molar-refractivity contribution in [2.24, 2.45) is 0 Å². The van der Waals surface area contributed by atoms with Crippen LogP contribution in [0.3, 0.4) is 0 Å². The number of halogens is 2. The normalized spacial score (nSPS) is 13.1. The maximum Gasteiger partial charge on any atom is 0.338 e.